The number of methoxy groups -OCH3 is 1. The largest absolute Gasteiger partial charge is 0.497 e. The van der Waals surface area contributed by atoms with Crippen molar-refractivity contribution >= 4 is 17.3 Å². The Morgan fingerprint density at radius 1 is 1.32 bits per heavy atom. The Labute approximate surface area is 119 Å². The lowest BCUT2D eigenvalue weighted by molar-refractivity contribution is 0.282. The number of rotatable bonds is 6. The molecule has 1 saturated carbocycles. The summed E-state index contributed by atoms with van der Waals surface area (Å²) in [4.78, 5) is 2.01. The number of nitrogens with one attached hydrogen (secondary N) is 1. The highest BCUT2D eigenvalue weighted by Crippen LogP contribution is 2.19. The normalized spacial score (nSPS) is 13.8. The van der Waals surface area contributed by atoms with Crippen LogP contribution in [-0.2, 0) is 0 Å². The summed E-state index contributed by atoms with van der Waals surface area (Å²) < 4.78 is 10.8. The minimum atomic E-state index is 0.595. The maximum atomic E-state index is 5.66. The summed E-state index contributed by atoms with van der Waals surface area (Å²) in [5.74, 6) is 1.68. The molecule has 1 aromatic carbocycles. The quantitative estimate of drug-likeness (QED) is 0.807. The third-order valence-corrected chi connectivity index (χ3v) is 3.44. The van der Waals surface area contributed by atoms with E-state index in [1.54, 1.807) is 7.11 Å². The van der Waals surface area contributed by atoms with Crippen molar-refractivity contribution in [3.63, 3.8) is 0 Å². The van der Waals surface area contributed by atoms with Gasteiger partial charge in [0, 0.05) is 13.1 Å². The van der Waals surface area contributed by atoms with Crippen LogP contribution in [-0.4, -0.2) is 43.4 Å². The molecule has 0 aliphatic heterocycles. The van der Waals surface area contributed by atoms with Gasteiger partial charge in [0.25, 0.3) is 0 Å². The molecule has 104 valence electrons. The summed E-state index contributed by atoms with van der Waals surface area (Å²) in [6, 6.07) is 8.17. The third kappa shape index (κ3) is 4.59. The Kier molecular flexibility index (Phi) is 4.85. The maximum Gasteiger partial charge on any atom is 0.169 e. The third-order valence-electron chi connectivity index (χ3n) is 3.01. The van der Waals surface area contributed by atoms with Crippen molar-refractivity contribution in [1.82, 2.24) is 10.2 Å². The molecule has 1 N–H and O–H groups in total. The van der Waals surface area contributed by atoms with Crippen LogP contribution in [0.25, 0.3) is 0 Å². The molecule has 1 aliphatic rings. The number of ether oxygens (including phenoxy) is 2. The lowest BCUT2D eigenvalue weighted by Crippen LogP contribution is -2.40. The fourth-order valence-corrected chi connectivity index (χ4v) is 1.84. The van der Waals surface area contributed by atoms with Crippen LogP contribution in [0.2, 0.25) is 0 Å². The summed E-state index contributed by atoms with van der Waals surface area (Å²) in [6.45, 7) is 1.37. The average molecular weight is 280 g/mol. The Bertz CT molecular complexity index is 418. The van der Waals surface area contributed by atoms with Crippen LogP contribution >= 0.6 is 12.2 Å². The lowest BCUT2D eigenvalue weighted by atomic mass is 10.3. The Morgan fingerprint density at radius 2 is 1.95 bits per heavy atom. The average Bonchev–Trinajstić information content (AvgIpc) is 3.23. The highest BCUT2D eigenvalue weighted by Gasteiger charge is 2.22. The molecule has 0 bridgehead atoms. The van der Waals surface area contributed by atoms with E-state index in [9.17, 15) is 0 Å². The first-order chi connectivity index (χ1) is 9.19. The second-order valence-electron chi connectivity index (χ2n) is 4.67. The van der Waals surface area contributed by atoms with Crippen LogP contribution in [0.4, 0.5) is 0 Å². The summed E-state index contributed by atoms with van der Waals surface area (Å²) >= 11 is 5.30. The minimum Gasteiger partial charge on any atom is -0.497 e. The molecule has 0 radical (unpaired) electrons. The van der Waals surface area contributed by atoms with Gasteiger partial charge in [0.15, 0.2) is 5.11 Å². The van der Waals surface area contributed by atoms with Crippen molar-refractivity contribution in [2.24, 2.45) is 0 Å². The lowest BCUT2D eigenvalue weighted by Gasteiger charge is -2.21. The molecule has 0 saturated heterocycles. The number of nitrogens with zero attached hydrogens (tertiary/aromatic N) is 1. The van der Waals surface area contributed by atoms with Crippen molar-refractivity contribution in [2.45, 2.75) is 18.9 Å². The molecule has 1 aliphatic carbocycles. The molecular weight excluding hydrogens is 260 g/mol. The zero-order chi connectivity index (χ0) is 13.7. The van der Waals surface area contributed by atoms with E-state index in [1.165, 1.54) is 12.8 Å². The Morgan fingerprint density at radius 3 is 2.53 bits per heavy atom. The molecule has 5 heteroatoms. The molecule has 0 spiro atoms. The van der Waals surface area contributed by atoms with Gasteiger partial charge in [0.2, 0.25) is 0 Å². The van der Waals surface area contributed by atoms with E-state index in [-0.39, 0.29) is 0 Å². The molecule has 1 aromatic rings. The van der Waals surface area contributed by atoms with Crippen molar-refractivity contribution < 1.29 is 9.47 Å². The number of benzene rings is 1. The number of hydrogen-bond donors (Lipinski definition) is 1. The summed E-state index contributed by atoms with van der Waals surface area (Å²) in [7, 11) is 3.63. The van der Waals surface area contributed by atoms with E-state index in [1.807, 2.05) is 36.2 Å². The Balaban J connectivity index is 1.68. The maximum absolute atomic E-state index is 5.66. The van der Waals surface area contributed by atoms with Gasteiger partial charge < -0.3 is 19.7 Å². The van der Waals surface area contributed by atoms with Gasteiger partial charge in [-0.2, -0.15) is 0 Å². The van der Waals surface area contributed by atoms with Gasteiger partial charge >= 0.3 is 0 Å². The number of hydrogen-bond acceptors (Lipinski definition) is 3. The molecule has 19 heavy (non-hydrogen) atoms. The number of thiocarbonyl (C=S) groups is 1. The van der Waals surface area contributed by atoms with Crippen LogP contribution in [0.15, 0.2) is 24.3 Å². The van der Waals surface area contributed by atoms with Crippen molar-refractivity contribution in [1.29, 1.82) is 0 Å². The van der Waals surface area contributed by atoms with Gasteiger partial charge in [-0.05, 0) is 49.3 Å². The second kappa shape index (κ2) is 6.61. The molecule has 0 aromatic heterocycles. The molecule has 0 heterocycles. The van der Waals surface area contributed by atoms with Gasteiger partial charge in [-0.3, -0.25) is 0 Å². The van der Waals surface area contributed by atoms with Gasteiger partial charge in [-0.1, -0.05) is 0 Å². The van der Waals surface area contributed by atoms with Gasteiger partial charge in [-0.25, -0.2) is 0 Å². The second-order valence-corrected chi connectivity index (χ2v) is 5.06. The van der Waals surface area contributed by atoms with E-state index >= 15 is 0 Å². The van der Waals surface area contributed by atoms with E-state index in [0.29, 0.717) is 12.6 Å². The van der Waals surface area contributed by atoms with E-state index < -0.39 is 0 Å². The monoisotopic (exact) mass is 280 g/mol. The van der Waals surface area contributed by atoms with Crippen LogP contribution in [0.5, 0.6) is 11.5 Å². The predicted octanol–water partition coefficient (Wildman–Crippen LogP) is 2.04. The van der Waals surface area contributed by atoms with Crippen LogP contribution in [0, 0.1) is 0 Å². The first-order valence-corrected chi connectivity index (χ1v) is 6.88. The molecule has 2 rings (SSSR count). The summed E-state index contributed by atoms with van der Waals surface area (Å²) in [6.07, 6.45) is 2.46. The molecule has 1 fully saturated rings. The fourth-order valence-electron chi connectivity index (χ4n) is 1.59. The smallest absolute Gasteiger partial charge is 0.169 e. The first kappa shape index (κ1) is 13.9. The van der Waals surface area contributed by atoms with Gasteiger partial charge in [-0.15, -0.1) is 0 Å². The first-order valence-electron chi connectivity index (χ1n) is 6.47. The predicted molar refractivity (Wildman–Crippen MR) is 79.9 cm³/mol. The standard InChI is InChI=1S/C14H20N2O2S/c1-16(14(19)15-11-3-4-11)9-10-18-13-7-5-12(17-2)6-8-13/h5-8,11H,3-4,9-10H2,1-2H3,(H,15,19). The highest BCUT2D eigenvalue weighted by atomic mass is 32.1. The van der Waals surface area contributed by atoms with E-state index in [4.69, 9.17) is 21.7 Å². The van der Waals surface area contributed by atoms with Gasteiger partial charge in [0.1, 0.15) is 18.1 Å². The summed E-state index contributed by atoms with van der Waals surface area (Å²) in [5.41, 5.74) is 0. The van der Waals surface area contributed by atoms with Gasteiger partial charge in [0.05, 0.1) is 13.7 Å². The molecule has 0 unspecified atom stereocenters. The van der Waals surface area contributed by atoms with E-state index in [0.717, 1.165) is 23.2 Å². The van der Waals surface area contributed by atoms with Crippen LogP contribution in [0.3, 0.4) is 0 Å². The topological polar surface area (TPSA) is 33.7 Å². The van der Waals surface area contributed by atoms with Crippen LogP contribution < -0.4 is 14.8 Å². The fraction of sp³-hybridized carbons (Fsp3) is 0.500. The minimum absolute atomic E-state index is 0.595. The molecule has 0 amide bonds. The highest BCUT2D eigenvalue weighted by molar-refractivity contribution is 7.80. The SMILES string of the molecule is COc1ccc(OCCN(C)C(=S)NC2CC2)cc1. The molecule has 0 atom stereocenters. The molecular formula is C14H20N2O2S. The summed E-state index contributed by atoms with van der Waals surface area (Å²) in [5, 5.41) is 4.11. The van der Waals surface area contributed by atoms with Crippen molar-refractivity contribution in [3.8, 4) is 11.5 Å². The molecule has 4 nitrogen and oxygen atoms in total. The zero-order valence-corrected chi connectivity index (χ0v) is 12.2. The zero-order valence-electron chi connectivity index (χ0n) is 11.4. The van der Waals surface area contributed by atoms with E-state index in [2.05, 4.69) is 5.32 Å². The Hall–Kier alpha value is -1.49. The number of likely N-dealkylation sites (N-methyl/N-ethyl adjacent to an activating group) is 1. The van der Waals surface area contributed by atoms with Crippen molar-refractivity contribution in [2.75, 3.05) is 27.3 Å². The van der Waals surface area contributed by atoms with Crippen molar-refractivity contribution in [3.05, 3.63) is 24.3 Å². The van der Waals surface area contributed by atoms with Crippen LogP contribution in [0.1, 0.15) is 12.8 Å².